The van der Waals surface area contributed by atoms with E-state index < -0.39 is 10.0 Å². The van der Waals surface area contributed by atoms with E-state index in [0.29, 0.717) is 37.6 Å². The van der Waals surface area contributed by atoms with Gasteiger partial charge in [-0.25, -0.2) is 8.42 Å². The summed E-state index contributed by atoms with van der Waals surface area (Å²) < 4.78 is 33.2. The summed E-state index contributed by atoms with van der Waals surface area (Å²) in [6.45, 7) is 6.91. The lowest BCUT2D eigenvalue weighted by molar-refractivity contribution is 0.0730. The summed E-state index contributed by atoms with van der Waals surface area (Å²) >= 11 is 0. The van der Waals surface area contributed by atoms with Crippen LogP contribution in [0.5, 0.6) is 0 Å². The van der Waals surface area contributed by atoms with Gasteiger partial charge in [0.2, 0.25) is 10.0 Å². The molecule has 0 unspecified atom stereocenters. The van der Waals surface area contributed by atoms with Gasteiger partial charge in [-0.2, -0.15) is 4.31 Å². The molecular formula is C24H32N4O4S. The summed E-state index contributed by atoms with van der Waals surface area (Å²) in [7, 11) is -1.59. The maximum atomic E-state index is 13.2. The van der Waals surface area contributed by atoms with Crippen LogP contribution in [0.4, 0.5) is 11.4 Å². The third-order valence-electron chi connectivity index (χ3n) is 6.29. The number of rotatable bonds is 6. The molecule has 9 heteroatoms. The lowest BCUT2D eigenvalue weighted by Crippen LogP contribution is -2.44. The molecule has 0 atom stereocenters. The topological polar surface area (TPSA) is 82.2 Å². The third kappa shape index (κ3) is 5.38. The number of nitrogens with one attached hydrogen (secondary N) is 1. The van der Waals surface area contributed by atoms with Crippen LogP contribution in [0.1, 0.15) is 22.8 Å². The largest absolute Gasteiger partial charge is 0.379 e. The van der Waals surface area contributed by atoms with Crippen molar-refractivity contribution in [3.63, 3.8) is 0 Å². The van der Waals surface area contributed by atoms with E-state index in [1.165, 1.54) is 4.31 Å². The number of carbonyl (C=O) groups is 1. The average Bonchev–Trinajstić information content (AvgIpc) is 2.85. The predicted molar refractivity (Wildman–Crippen MR) is 130 cm³/mol. The quantitative estimate of drug-likeness (QED) is 0.695. The highest BCUT2D eigenvalue weighted by Crippen LogP contribution is 2.31. The number of nitrogens with zero attached hydrogens (tertiary/aromatic N) is 3. The molecule has 0 saturated carbocycles. The Labute approximate surface area is 196 Å². The Kier molecular flexibility index (Phi) is 7.33. The van der Waals surface area contributed by atoms with Gasteiger partial charge in [-0.05, 0) is 49.4 Å². The number of hydrogen-bond acceptors (Lipinski definition) is 6. The van der Waals surface area contributed by atoms with Crippen molar-refractivity contribution in [2.24, 2.45) is 0 Å². The summed E-state index contributed by atoms with van der Waals surface area (Å²) in [6.07, 6.45) is 0.900. The zero-order valence-corrected chi connectivity index (χ0v) is 20.1. The molecule has 0 spiro atoms. The minimum absolute atomic E-state index is 0.180. The van der Waals surface area contributed by atoms with Gasteiger partial charge in [-0.3, -0.25) is 4.79 Å². The van der Waals surface area contributed by atoms with Crippen molar-refractivity contribution in [2.45, 2.75) is 18.2 Å². The third-order valence-corrected chi connectivity index (χ3v) is 8.19. The Morgan fingerprint density at radius 1 is 0.970 bits per heavy atom. The lowest BCUT2D eigenvalue weighted by atomic mass is 10.1. The van der Waals surface area contributed by atoms with Gasteiger partial charge in [0.15, 0.2) is 0 Å². The van der Waals surface area contributed by atoms with Crippen LogP contribution in [0.15, 0.2) is 47.4 Å². The van der Waals surface area contributed by atoms with Crippen LogP contribution in [0.2, 0.25) is 0 Å². The second-order valence-corrected chi connectivity index (χ2v) is 10.4. The highest BCUT2D eigenvalue weighted by atomic mass is 32.2. The van der Waals surface area contributed by atoms with Gasteiger partial charge in [0.05, 0.1) is 29.5 Å². The first-order valence-corrected chi connectivity index (χ1v) is 12.9. The second-order valence-electron chi connectivity index (χ2n) is 8.49. The van der Waals surface area contributed by atoms with Crippen LogP contribution in [0.25, 0.3) is 0 Å². The van der Waals surface area contributed by atoms with Crippen LogP contribution in [-0.2, 0) is 21.2 Å². The summed E-state index contributed by atoms with van der Waals surface area (Å²) in [5.74, 6) is -0.256. The Hall–Kier alpha value is -2.46. The Morgan fingerprint density at radius 3 is 2.27 bits per heavy atom. The van der Waals surface area contributed by atoms with Crippen molar-refractivity contribution in [2.75, 3.05) is 69.7 Å². The molecule has 2 aliphatic heterocycles. The molecule has 0 aromatic heterocycles. The molecule has 0 bridgehead atoms. The van der Waals surface area contributed by atoms with E-state index in [9.17, 15) is 13.2 Å². The molecule has 33 heavy (non-hydrogen) atoms. The molecule has 2 aromatic rings. The molecule has 2 saturated heterocycles. The maximum absolute atomic E-state index is 13.2. The highest BCUT2D eigenvalue weighted by molar-refractivity contribution is 7.89. The summed E-state index contributed by atoms with van der Waals surface area (Å²) in [5, 5.41) is 2.99. The van der Waals surface area contributed by atoms with Crippen molar-refractivity contribution in [3.8, 4) is 0 Å². The molecule has 0 radical (unpaired) electrons. The van der Waals surface area contributed by atoms with E-state index in [1.54, 1.807) is 24.3 Å². The number of amides is 1. The highest BCUT2D eigenvalue weighted by Gasteiger charge is 2.28. The van der Waals surface area contributed by atoms with Gasteiger partial charge in [0.25, 0.3) is 5.91 Å². The fourth-order valence-electron chi connectivity index (χ4n) is 4.12. The number of morpholine rings is 1. The number of anilines is 2. The SMILES string of the molecule is CCc1ccc(C(=O)Nc2cc(S(=O)(=O)N3CCOCC3)ccc2N2CCN(C)CC2)cc1. The van der Waals surface area contributed by atoms with Crippen LogP contribution in [0, 0.1) is 0 Å². The molecule has 1 N–H and O–H groups in total. The molecule has 178 valence electrons. The van der Waals surface area contributed by atoms with Crippen molar-refractivity contribution < 1.29 is 17.9 Å². The van der Waals surface area contributed by atoms with Gasteiger partial charge in [-0.1, -0.05) is 19.1 Å². The van der Waals surface area contributed by atoms with Gasteiger partial charge < -0.3 is 19.9 Å². The van der Waals surface area contributed by atoms with E-state index in [-0.39, 0.29) is 10.8 Å². The van der Waals surface area contributed by atoms with Crippen molar-refractivity contribution in [1.82, 2.24) is 9.21 Å². The molecular weight excluding hydrogens is 440 g/mol. The minimum Gasteiger partial charge on any atom is -0.379 e. The van der Waals surface area contributed by atoms with E-state index in [2.05, 4.69) is 29.1 Å². The number of hydrogen-bond donors (Lipinski definition) is 1. The van der Waals surface area contributed by atoms with Crippen molar-refractivity contribution in [3.05, 3.63) is 53.6 Å². The number of carbonyl (C=O) groups excluding carboxylic acids is 1. The summed E-state index contributed by atoms with van der Waals surface area (Å²) in [4.78, 5) is 17.7. The molecule has 2 heterocycles. The molecule has 2 aliphatic rings. The molecule has 4 rings (SSSR count). The molecule has 1 amide bonds. The smallest absolute Gasteiger partial charge is 0.255 e. The van der Waals surface area contributed by atoms with E-state index in [4.69, 9.17) is 4.74 Å². The van der Waals surface area contributed by atoms with Crippen LogP contribution in [0.3, 0.4) is 0 Å². The summed E-state index contributed by atoms with van der Waals surface area (Å²) in [6, 6.07) is 12.5. The molecule has 2 fully saturated rings. The number of aryl methyl sites for hydroxylation is 1. The van der Waals surface area contributed by atoms with Crippen LogP contribution < -0.4 is 10.2 Å². The number of sulfonamides is 1. The minimum atomic E-state index is -3.67. The van der Waals surface area contributed by atoms with Gasteiger partial charge in [0, 0.05) is 44.8 Å². The maximum Gasteiger partial charge on any atom is 0.255 e. The van der Waals surface area contributed by atoms with Crippen molar-refractivity contribution in [1.29, 1.82) is 0 Å². The zero-order valence-electron chi connectivity index (χ0n) is 19.3. The monoisotopic (exact) mass is 472 g/mol. The number of benzene rings is 2. The number of piperazine rings is 1. The summed E-state index contributed by atoms with van der Waals surface area (Å²) in [5.41, 5.74) is 3.04. The fourth-order valence-corrected chi connectivity index (χ4v) is 5.56. The van der Waals surface area contributed by atoms with Gasteiger partial charge >= 0.3 is 0 Å². The zero-order chi connectivity index (χ0) is 23.4. The van der Waals surface area contributed by atoms with Crippen molar-refractivity contribution >= 4 is 27.3 Å². The van der Waals surface area contributed by atoms with E-state index in [1.807, 2.05) is 18.2 Å². The molecule has 8 nitrogen and oxygen atoms in total. The second kappa shape index (κ2) is 10.2. The molecule has 2 aromatic carbocycles. The van der Waals surface area contributed by atoms with Gasteiger partial charge in [0.1, 0.15) is 0 Å². The Bertz CT molecular complexity index is 1070. The predicted octanol–water partition coefficient (Wildman–Crippen LogP) is 2.27. The lowest BCUT2D eigenvalue weighted by Gasteiger charge is -2.35. The number of ether oxygens (including phenoxy) is 1. The molecule has 0 aliphatic carbocycles. The Balaban J connectivity index is 1.66. The Morgan fingerprint density at radius 2 is 1.64 bits per heavy atom. The first kappa shape index (κ1) is 23.7. The van der Waals surface area contributed by atoms with E-state index >= 15 is 0 Å². The number of likely N-dealkylation sites (N-methyl/N-ethyl adjacent to an activating group) is 1. The normalized spacial score (nSPS) is 18.3. The van der Waals surface area contributed by atoms with Gasteiger partial charge in [-0.15, -0.1) is 0 Å². The average molecular weight is 473 g/mol. The van der Waals surface area contributed by atoms with Crippen LogP contribution >= 0.6 is 0 Å². The first-order chi connectivity index (χ1) is 15.9. The van der Waals surface area contributed by atoms with Crippen LogP contribution in [-0.4, -0.2) is 83.1 Å². The fraction of sp³-hybridized carbons (Fsp3) is 0.458. The first-order valence-electron chi connectivity index (χ1n) is 11.4. The van der Waals surface area contributed by atoms with E-state index in [0.717, 1.165) is 43.9 Å². The standard InChI is InChI=1S/C24H32N4O4S/c1-3-19-4-6-20(7-5-19)24(29)25-22-18-21(33(30,31)28-14-16-32-17-15-28)8-9-23(22)27-12-10-26(2)11-13-27/h4-9,18H,3,10-17H2,1-2H3,(H,25,29).